The highest BCUT2D eigenvalue weighted by molar-refractivity contribution is 6.33. The molecule has 0 aliphatic heterocycles. The van der Waals surface area contributed by atoms with Crippen LogP contribution in [-0.2, 0) is 11.4 Å². The number of hydrogen-bond acceptors (Lipinski definition) is 8. The molecule has 1 fully saturated rings. The van der Waals surface area contributed by atoms with Gasteiger partial charge in [0.05, 0.1) is 35.9 Å². The van der Waals surface area contributed by atoms with Crippen LogP contribution in [-0.4, -0.2) is 49.0 Å². The number of benzene rings is 2. The average molecular weight is 551 g/mol. The van der Waals surface area contributed by atoms with Crippen molar-refractivity contribution in [3.05, 3.63) is 71.0 Å². The SMILES string of the molecule is C=CC(=O)Nc1ccc(N(C)C)c(C)c1Nc1ncc(OCc2cc(C(=O)NC3CC3)cc(OC)c2Cl)cn1. The molecule has 11 heteroatoms. The second kappa shape index (κ2) is 12.0. The van der Waals surface area contributed by atoms with Gasteiger partial charge in [-0.2, -0.15) is 0 Å². The first-order valence-electron chi connectivity index (χ1n) is 12.3. The molecule has 1 aliphatic carbocycles. The normalized spacial score (nSPS) is 12.3. The molecule has 0 spiro atoms. The van der Waals surface area contributed by atoms with Crippen molar-refractivity contribution in [2.75, 3.05) is 36.7 Å². The summed E-state index contributed by atoms with van der Waals surface area (Å²) in [5.41, 5.74) is 4.14. The number of hydrogen-bond donors (Lipinski definition) is 3. The second-order valence-electron chi connectivity index (χ2n) is 9.28. The van der Waals surface area contributed by atoms with E-state index < -0.39 is 0 Å². The molecule has 0 unspecified atom stereocenters. The van der Waals surface area contributed by atoms with E-state index in [1.54, 1.807) is 18.2 Å². The van der Waals surface area contributed by atoms with Crippen LogP contribution in [0.3, 0.4) is 0 Å². The largest absolute Gasteiger partial charge is 0.495 e. The van der Waals surface area contributed by atoms with Crippen LogP contribution in [0.5, 0.6) is 11.5 Å². The van der Waals surface area contributed by atoms with Crippen molar-refractivity contribution in [3.8, 4) is 11.5 Å². The van der Waals surface area contributed by atoms with Gasteiger partial charge in [-0.05, 0) is 55.7 Å². The zero-order valence-electron chi connectivity index (χ0n) is 22.3. The molecule has 1 aromatic heterocycles. The minimum absolute atomic E-state index is 0.0810. The predicted octanol–water partition coefficient (Wildman–Crippen LogP) is 4.85. The molecule has 0 radical (unpaired) electrons. The van der Waals surface area contributed by atoms with E-state index in [9.17, 15) is 9.59 Å². The van der Waals surface area contributed by atoms with Crippen molar-refractivity contribution < 1.29 is 19.1 Å². The number of ether oxygens (including phenoxy) is 2. The summed E-state index contributed by atoms with van der Waals surface area (Å²) in [5, 5.41) is 9.33. The molecule has 3 aromatic rings. The lowest BCUT2D eigenvalue weighted by molar-refractivity contribution is -0.111. The Balaban J connectivity index is 1.50. The Hall–Kier alpha value is -4.31. The Morgan fingerprint density at radius 3 is 2.54 bits per heavy atom. The summed E-state index contributed by atoms with van der Waals surface area (Å²) in [6, 6.07) is 7.26. The predicted molar refractivity (Wildman–Crippen MR) is 152 cm³/mol. The first kappa shape index (κ1) is 27.7. The molecule has 1 aliphatic rings. The van der Waals surface area contributed by atoms with Gasteiger partial charge in [0.25, 0.3) is 5.91 Å². The molecular weight excluding hydrogens is 520 g/mol. The molecular formula is C28H31ClN6O4. The fourth-order valence-corrected chi connectivity index (χ4v) is 4.14. The molecule has 0 saturated heterocycles. The van der Waals surface area contributed by atoms with E-state index in [0.29, 0.717) is 45.0 Å². The third-order valence-electron chi connectivity index (χ3n) is 6.13. The van der Waals surface area contributed by atoms with E-state index in [1.807, 2.05) is 32.0 Å². The second-order valence-corrected chi connectivity index (χ2v) is 9.65. The lowest BCUT2D eigenvalue weighted by Crippen LogP contribution is -2.25. The number of methoxy groups -OCH3 is 1. The van der Waals surface area contributed by atoms with Crippen LogP contribution in [0, 0.1) is 6.92 Å². The maximum atomic E-state index is 12.6. The summed E-state index contributed by atoms with van der Waals surface area (Å²) >= 11 is 6.48. The van der Waals surface area contributed by atoms with Crippen molar-refractivity contribution >= 4 is 46.4 Å². The number of rotatable bonds is 11. The van der Waals surface area contributed by atoms with Crippen molar-refractivity contribution in [2.45, 2.75) is 32.4 Å². The van der Waals surface area contributed by atoms with E-state index in [1.165, 1.54) is 25.6 Å². The third kappa shape index (κ3) is 6.77. The van der Waals surface area contributed by atoms with Crippen molar-refractivity contribution in [2.24, 2.45) is 0 Å². The number of nitrogens with one attached hydrogen (secondary N) is 3. The van der Waals surface area contributed by atoms with Gasteiger partial charge in [0.2, 0.25) is 11.9 Å². The number of amides is 2. The summed E-state index contributed by atoms with van der Waals surface area (Å²) in [7, 11) is 5.37. The first-order valence-corrected chi connectivity index (χ1v) is 12.7. The summed E-state index contributed by atoms with van der Waals surface area (Å²) in [5.74, 6) is 0.606. The van der Waals surface area contributed by atoms with Crippen LogP contribution in [0.15, 0.2) is 49.3 Å². The Kier molecular flexibility index (Phi) is 8.55. The Morgan fingerprint density at radius 2 is 1.92 bits per heavy atom. The molecule has 2 amide bonds. The number of nitrogens with zero attached hydrogens (tertiary/aromatic N) is 3. The fraction of sp³-hybridized carbons (Fsp3) is 0.286. The van der Waals surface area contributed by atoms with Crippen LogP contribution in [0.25, 0.3) is 0 Å². The lowest BCUT2D eigenvalue weighted by Gasteiger charge is -2.21. The van der Waals surface area contributed by atoms with Crippen LogP contribution < -0.4 is 30.3 Å². The molecule has 0 bridgehead atoms. The zero-order valence-corrected chi connectivity index (χ0v) is 23.1. The highest BCUT2D eigenvalue weighted by atomic mass is 35.5. The highest BCUT2D eigenvalue weighted by Crippen LogP contribution is 2.35. The van der Waals surface area contributed by atoms with Gasteiger partial charge < -0.3 is 30.3 Å². The molecule has 3 N–H and O–H groups in total. The molecule has 1 heterocycles. The van der Waals surface area contributed by atoms with Crippen molar-refractivity contribution in [1.29, 1.82) is 0 Å². The minimum Gasteiger partial charge on any atom is -0.495 e. The molecule has 4 rings (SSSR count). The summed E-state index contributed by atoms with van der Waals surface area (Å²) in [6.45, 7) is 5.54. The molecule has 2 aromatic carbocycles. The van der Waals surface area contributed by atoms with Crippen LogP contribution in [0.2, 0.25) is 5.02 Å². The summed E-state index contributed by atoms with van der Waals surface area (Å²) in [6.07, 6.45) is 6.23. The minimum atomic E-state index is -0.330. The van der Waals surface area contributed by atoms with Gasteiger partial charge >= 0.3 is 0 Å². The highest BCUT2D eigenvalue weighted by Gasteiger charge is 2.25. The number of anilines is 4. The Labute approximate surface area is 232 Å². The fourth-order valence-electron chi connectivity index (χ4n) is 3.90. The maximum absolute atomic E-state index is 12.6. The van der Waals surface area contributed by atoms with Crippen LogP contribution >= 0.6 is 11.6 Å². The standard InChI is InChI=1S/C28H31ClN6O4/c1-6-24(36)33-21-9-10-22(35(3)4)16(2)26(21)34-28-30-13-20(14-31-28)39-15-18-11-17(12-23(38-5)25(18)29)27(37)32-19-7-8-19/h6,9-14,19H,1,7-8,15H2,2-5H3,(H,32,37)(H,33,36)(H,30,31,34). The number of halogens is 1. The first-order chi connectivity index (χ1) is 18.7. The summed E-state index contributed by atoms with van der Waals surface area (Å²) < 4.78 is 11.2. The quantitative estimate of drug-likeness (QED) is 0.290. The zero-order chi connectivity index (χ0) is 28.1. The van der Waals surface area contributed by atoms with E-state index >= 15 is 0 Å². The average Bonchev–Trinajstić information content (AvgIpc) is 3.74. The maximum Gasteiger partial charge on any atom is 0.251 e. The van der Waals surface area contributed by atoms with Gasteiger partial charge in [-0.3, -0.25) is 9.59 Å². The number of aromatic nitrogens is 2. The third-order valence-corrected chi connectivity index (χ3v) is 6.56. The molecule has 10 nitrogen and oxygen atoms in total. The van der Waals surface area contributed by atoms with Crippen LogP contribution in [0.4, 0.5) is 23.0 Å². The number of carbonyl (C=O) groups is 2. The van der Waals surface area contributed by atoms with Crippen LogP contribution in [0.1, 0.15) is 34.3 Å². The summed E-state index contributed by atoms with van der Waals surface area (Å²) in [4.78, 5) is 35.2. The van der Waals surface area contributed by atoms with Gasteiger partial charge in [0.15, 0.2) is 5.75 Å². The van der Waals surface area contributed by atoms with Crippen molar-refractivity contribution in [3.63, 3.8) is 0 Å². The van der Waals surface area contributed by atoms with Gasteiger partial charge in [-0.25, -0.2) is 9.97 Å². The van der Waals surface area contributed by atoms with E-state index in [2.05, 4.69) is 32.5 Å². The molecule has 39 heavy (non-hydrogen) atoms. The van der Waals surface area contributed by atoms with Gasteiger partial charge in [-0.15, -0.1) is 0 Å². The topological polar surface area (TPSA) is 118 Å². The van der Waals surface area contributed by atoms with E-state index in [0.717, 1.165) is 24.1 Å². The smallest absolute Gasteiger partial charge is 0.251 e. The van der Waals surface area contributed by atoms with Gasteiger partial charge in [-0.1, -0.05) is 18.2 Å². The Morgan fingerprint density at radius 1 is 1.21 bits per heavy atom. The molecule has 0 atom stereocenters. The lowest BCUT2D eigenvalue weighted by atomic mass is 10.1. The molecule has 204 valence electrons. The monoisotopic (exact) mass is 550 g/mol. The molecule has 1 saturated carbocycles. The van der Waals surface area contributed by atoms with Gasteiger partial charge in [0.1, 0.15) is 12.4 Å². The van der Waals surface area contributed by atoms with Gasteiger partial charge in [0, 0.05) is 37.0 Å². The van der Waals surface area contributed by atoms with E-state index in [4.69, 9.17) is 21.1 Å². The van der Waals surface area contributed by atoms with Crippen molar-refractivity contribution in [1.82, 2.24) is 15.3 Å². The Bertz CT molecular complexity index is 1390. The van der Waals surface area contributed by atoms with E-state index in [-0.39, 0.29) is 24.5 Å². The number of carbonyl (C=O) groups excluding carboxylic acids is 2.